The molecule has 2 rings (SSSR count). The third-order valence-electron chi connectivity index (χ3n) is 4.37. The first-order valence-corrected chi connectivity index (χ1v) is 8.31. The highest BCUT2D eigenvalue weighted by Crippen LogP contribution is 2.19. The second-order valence-corrected chi connectivity index (χ2v) is 7.60. The number of hydroxylamine groups is 2. The first kappa shape index (κ1) is 17.7. The molecular formula is C16H31N3O3. The van der Waals surface area contributed by atoms with Crippen LogP contribution < -0.4 is 5.32 Å². The quantitative estimate of drug-likeness (QED) is 0.834. The van der Waals surface area contributed by atoms with Gasteiger partial charge in [-0.25, -0.2) is 4.79 Å². The smallest absolute Gasteiger partial charge is 0.330 e. The Morgan fingerprint density at radius 1 is 1.32 bits per heavy atom. The molecule has 0 spiro atoms. The topological polar surface area (TPSA) is 54.0 Å². The monoisotopic (exact) mass is 313 g/mol. The largest absolute Gasteiger partial charge is 0.379 e. The van der Waals surface area contributed by atoms with Gasteiger partial charge in [0.05, 0.1) is 31.2 Å². The van der Waals surface area contributed by atoms with Crippen LogP contribution in [0.5, 0.6) is 0 Å². The zero-order chi connectivity index (χ0) is 16.3. The Balaban J connectivity index is 1.88. The fourth-order valence-corrected chi connectivity index (χ4v) is 2.71. The average Bonchev–Trinajstić information content (AvgIpc) is 2.44. The van der Waals surface area contributed by atoms with E-state index in [-0.39, 0.29) is 12.0 Å². The molecule has 1 N–H and O–H groups in total. The highest BCUT2D eigenvalue weighted by Gasteiger charge is 2.33. The summed E-state index contributed by atoms with van der Waals surface area (Å²) in [6, 6.07) is 0.953. The van der Waals surface area contributed by atoms with Crippen molar-refractivity contribution in [2.75, 3.05) is 39.4 Å². The molecule has 6 nitrogen and oxygen atoms in total. The van der Waals surface area contributed by atoms with Crippen molar-refractivity contribution in [3.63, 3.8) is 0 Å². The molecule has 0 bridgehead atoms. The molecule has 0 aromatic carbocycles. The fraction of sp³-hybridized carbons (Fsp3) is 0.938. The van der Waals surface area contributed by atoms with Crippen molar-refractivity contribution in [2.45, 2.75) is 52.7 Å². The second-order valence-electron chi connectivity index (χ2n) is 7.60. The van der Waals surface area contributed by atoms with Gasteiger partial charge in [0.2, 0.25) is 0 Å². The predicted octanol–water partition coefficient (Wildman–Crippen LogP) is 0.874. The van der Waals surface area contributed by atoms with E-state index in [9.17, 15) is 4.79 Å². The molecule has 2 aliphatic rings. The molecular weight excluding hydrogens is 282 g/mol. The van der Waals surface area contributed by atoms with Gasteiger partial charge < -0.3 is 14.9 Å². The number of morpholine rings is 1. The fourth-order valence-electron chi connectivity index (χ4n) is 2.71. The molecule has 2 aliphatic heterocycles. The Morgan fingerprint density at radius 3 is 2.68 bits per heavy atom. The van der Waals surface area contributed by atoms with E-state index in [4.69, 9.17) is 9.57 Å². The molecule has 3 atom stereocenters. The minimum Gasteiger partial charge on any atom is -0.379 e. The van der Waals surface area contributed by atoms with E-state index in [2.05, 4.69) is 24.1 Å². The summed E-state index contributed by atoms with van der Waals surface area (Å²) in [5, 5.41) is 5.41. The number of piperazine rings is 1. The first-order valence-electron chi connectivity index (χ1n) is 8.31. The van der Waals surface area contributed by atoms with Gasteiger partial charge in [-0.15, -0.1) is 5.06 Å². The molecule has 6 heteroatoms. The van der Waals surface area contributed by atoms with Crippen LogP contribution in [0.4, 0.5) is 0 Å². The number of rotatable bonds is 3. The standard InChI is InChI=1S/C16H31N3O3/c1-12-8-17-14(9-18-6-7-21-11-13(18)2)10-19(12)22-15(20)16(3,4)5/h12-14,17H,6-11H2,1-5H3/t12?,13-,14?/m1/s1. The van der Waals surface area contributed by atoms with Crippen LogP contribution in [0.1, 0.15) is 34.6 Å². The van der Waals surface area contributed by atoms with E-state index in [0.717, 1.165) is 39.4 Å². The summed E-state index contributed by atoms with van der Waals surface area (Å²) in [6.45, 7) is 15.0. The molecule has 0 radical (unpaired) electrons. The van der Waals surface area contributed by atoms with Crippen molar-refractivity contribution in [3.05, 3.63) is 0 Å². The van der Waals surface area contributed by atoms with Gasteiger partial charge in [0.1, 0.15) is 0 Å². The van der Waals surface area contributed by atoms with Crippen molar-refractivity contribution in [1.82, 2.24) is 15.3 Å². The molecule has 2 heterocycles. The van der Waals surface area contributed by atoms with Crippen LogP contribution in [-0.2, 0) is 14.4 Å². The van der Waals surface area contributed by atoms with E-state index in [0.29, 0.717) is 12.1 Å². The summed E-state index contributed by atoms with van der Waals surface area (Å²) in [5.41, 5.74) is -0.473. The van der Waals surface area contributed by atoms with E-state index in [1.807, 2.05) is 25.8 Å². The second kappa shape index (κ2) is 7.25. The van der Waals surface area contributed by atoms with Crippen LogP contribution in [0.3, 0.4) is 0 Å². The van der Waals surface area contributed by atoms with E-state index < -0.39 is 5.41 Å². The Bertz CT molecular complexity index is 383. The molecule has 0 aliphatic carbocycles. The molecule has 2 fully saturated rings. The number of ether oxygens (including phenoxy) is 1. The third-order valence-corrected chi connectivity index (χ3v) is 4.37. The first-order chi connectivity index (χ1) is 10.3. The zero-order valence-electron chi connectivity index (χ0n) is 14.6. The number of nitrogens with zero attached hydrogens (tertiary/aromatic N) is 2. The van der Waals surface area contributed by atoms with Crippen LogP contribution >= 0.6 is 0 Å². The van der Waals surface area contributed by atoms with Crippen molar-refractivity contribution in [2.24, 2.45) is 5.41 Å². The number of hydrogen-bond donors (Lipinski definition) is 1. The lowest BCUT2D eigenvalue weighted by Gasteiger charge is -2.41. The molecule has 0 amide bonds. The van der Waals surface area contributed by atoms with Gasteiger partial charge in [-0.05, 0) is 34.6 Å². The van der Waals surface area contributed by atoms with Crippen molar-refractivity contribution in [3.8, 4) is 0 Å². The van der Waals surface area contributed by atoms with Gasteiger partial charge >= 0.3 is 5.97 Å². The van der Waals surface area contributed by atoms with Crippen LogP contribution in [0.2, 0.25) is 0 Å². The van der Waals surface area contributed by atoms with E-state index in [1.54, 1.807) is 0 Å². The van der Waals surface area contributed by atoms with Crippen LogP contribution in [0.15, 0.2) is 0 Å². The Labute approximate surface area is 134 Å². The number of hydrogen-bond acceptors (Lipinski definition) is 6. The average molecular weight is 313 g/mol. The Hall–Kier alpha value is -0.690. The summed E-state index contributed by atoms with van der Waals surface area (Å²) in [4.78, 5) is 20.2. The minimum atomic E-state index is -0.473. The van der Waals surface area contributed by atoms with Gasteiger partial charge in [0.15, 0.2) is 0 Å². The van der Waals surface area contributed by atoms with Crippen LogP contribution in [0.25, 0.3) is 0 Å². The summed E-state index contributed by atoms with van der Waals surface area (Å²) >= 11 is 0. The summed E-state index contributed by atoms with van der Waals surface area (Å²) in [6.07, 6.45) is 0. The maximum absolute atomic E-state index is 12.1. The molecule has 128 valence electrons. The lowest BCUT2D eigenvalue weighted by atomic mass is 9.98. The molecule has 2 saturated heterocycles. The zero-order valence-corrected chi connectivity index (χ0v) is 14.6. The highest BCUT2D eigenvalue weighted by molar-refractivity contribution is 5.75. The Morgan fingerprint density at radius 2 is 2.05 bits per heavy atom. The number of nitrogens with one attached hydrogen (secondary N) is 1. The molecule has 0 aromatic rings. The summed E-state index contributed by atoms with van der Waals surface area (Å²) in [7, 11) is 0. The van der Waals surface area contributed by atoms with Crippen LogP contribution in [0, 0.1) is 5.41 Å². The lowest BCUT2D eigenvalue weighted by molar-refractivity contribution is -0.216. The number of carbonyl (C=O) groups excluding carboxylic acids is 1. The number of carbonyl (C=O) groups is 1. The Kier molecular flexibility index (Phi) is 5.82. The van der Waals surface area contributed by atoms with Gasteiger partial charge in [-0.3, -0.25) is 4.90 Å². The minimum absolute atomic E-state index is 0.167. The van der Waals surface area contributed by atoms with Crippen molar-refractivity contribution in [1.29, 1.82) is 0 Å². The van der Waals surface area contributed by atoms with E-state index in [1.165, 1.54) is 0 Å². The third kappa shape index (κ3) is 4.65. The van der Waals surface area contributed by atoms with E-state index >= 15 is 0 Å². The predicted molar refractivity (Wildman–Crippen MR) is 85.4 cm³/mol. The van der Waals surface area contributed by atoms with Gasteiger partial charge in [-0.2, -0.15) is 0 Å². The molecule has 0 saturated carbocycles. The van der Waals surface area contributed by atoms with Crippen molar-refractivity contribution < 1.29 is 14.4 Å². The molecule has 22 heavy (non-hydrogen) atoms. The SMILES string of the molecule is CC1CNC(CN2CCOC[C@H]2C)CN1OC(=O)C(C)(C)C. The van der Waals surface area contributed by atoms with Gasteiger partial charge in [0, 0.05) is 31.7 Å². The maximum atomic E-state index is 12.1. The maximum Gasteiger partial charge on any atom is 0.330 e. The summed E-state index contributed by atoms with van der Waals surface area (Å²) in [5.74, 6) is -0.167. The van der Waals surface area contributed by atoms with Gasteiger partial charge in [0.25, 0.3) is 0 Å². The molecule has 2 unspecified atom stereocenters. The van der Waals surface area contributed by atoms with Gasteiger partial charge in [-0.1, -0.05) is 0 Å². The highest BCUT2D eigenvalue weighted by atomic mass is 16.7. The molecule has 0 aromatic heterocycles. The van der Waals surface area contributed by atoms with Crippen molar-refractivity contribution >= 4 is 5.97 Å². The summed E-state index contributed by atoms with van der Waals surface area (Å²) < 4.78 is 5.49. The lowest BCUT2D eigenvalue weighted by Crippen LogP contribution is -2.60. The normalized spacial score (nSPS) is 32.0. The van der Waals surface area contributed by atoms with Crippen LogP contribution in [-0.4, -0.2) is 73.5 Å².